The van der Waals surface area contributed by atoms with Gasteiger partial charge in [0.25, 0.3) is 0 Å². The largest absolute Gasteiger partial charge is 0.389 e. The Kier molecular flexibility index (Phi) is 7.69. The van der Waals surface area contributed by atoms with Crippen molar-refractivity contribution in [3.8, 4) is 0 Å². The summed E-state index contributed by atoms with van der Waals surface area (Å²) in [7, 11) is 1.60. The Labute approximate surface area is 119 Å². The van der Waals surface area contributed by atoms with E-state index in [1.54, 1.807) is 20.1 Å². The van der Waals surface area contributed by atoms with Crippen LogP contribution in [0.25, 0.3) is 0 Å². The van der Waals surface area contributed by atoms with Crippen molar-refractivity contribution < 1.29 is 19.0 Å². The van der Waals surface area contributed by atoms with Crippen molar-refractivity contribution in [1.82, 2.24) is 5.32 Å². The molecule has 2 unspecified atom stereocenters. The van der Waals surface area contributed by atoms with E-state index in [0.29, 0.717) is 25.3 Å². The molecule has 1 aromatic carbocycles. The predicted molar refractivity (Wildman–Crippen MR) is 76.3 cm³/mol. The van der Waals surface area contributed by atoms with Crippen LogP contribution in [0.1, 0.15) is 24.1 Å². The SMILES string of the molecule is COCCOCC(O)CNC(C)c1ccc(C)c(F)c1. The maximum absolute atomic E-state index is 13.5. The highest BCUT2D eigenvalue weighted by atomic mass is 19.1. The van der Waals surface area contributed by atoms with Gasteiger partial charge in [-0.15, -0.1) is 0 Å². The highest BCUT2D eigenvalue weighted by Crippen LogP contribution is 2.16. The van der Waals surface area contributed by atoms with Crippen molar-refractivity contribution >= 4 is 0 Å². The lowest BCUT2D eigenvalue weighted by molar-refractivity contribution is 0.0130. The van der Waals surface area contributed by atoms with Crippen LogP contribution in [0.3, 0.4) is 0 Å². The average molecular weight is 285 g/mol. The van der Waals surface area contributed by atoms with Crippen molar-refractivity contribution in [3.63, 3.8) is 0 Å². The zero-order chi connectivity index (χ0) is 15.0. The predicted octanol–water partition coefficient (Wildman–Crippen LogP) is 1.81. The average Bonchev–Trinajstić information content (AvgIpc) is 2.44. The number of halogens is 1. The minimum atomic E-state index is -0.593. The van der Waals surface area contributed by atoms with E-state index < -0.39 is 6.10 Å². The fraction of sp³-hybridized carbons (Fsp3) is 0.600. The summed E-state index contributed by atoms with van der Waals surface area (Å²) in [6.07, 6.45) is -0.593. The summed E-state index contributed by atoms with van der Waals surface area (Å²) in [6.45, 7) is 5.29. The zero-order valence-corrected chi connectivity index (χ0v) is 12.4. The lowest BCUT2D eigenvalue weighted by Gasteiger charge is -2.18. The maximum atomic E-state index is 13.5. The number of aliphatic hydroxyl groups excluding tert-OH is 1. The van der Waals surface area contributed by atoms with Gasteiger partial charge in [0.1, 0.15) is 5.82 Å². The molecule has 2 atom stereocenters. The Morgan fingerprint density at radius 2 is 2.10 bits per heavy atom. The smallest absolute Gasteiger partial charge is 0.126 e. The molecular weight excluding hydrogens is 261 g/mol. The second-order valence-corrected chi connectivity index (χ2v) is 4.86. The van der Waals surface area contributed by atoms with E-state index in [2.05, 4.69) is 5.32 Å². The number of methoxy groups -OCH3 is 1. The first kappa shape index (κ1) is 17.0. The fourth-order valence-electron chi connectivity index (χ4n) is 1.73. The normalized spacial score (nSPS) is 14.2. The molecule has 1 rings (SSSR count). The minimum absolute atomic E-state index is 0.0290. The van der Waals surface area contributed by atoms with E-state index >= 15 is 0 Å². The van der Waals surface area contributed by atoms with Crippen molar-refractivity contribution in [2.45, 2.75) is 26.0 Å². The van der Waals surface area contributed by atoms with Crippen molar-refractivity contribution in [1.29, 1.82) is 0 Å². The number of hydrogen-bond donors (Lipinski definition) is 2. The Bertz CT molecular complexity index is 401. The van der Waals surface area contributed by atoms with E-state index in [1.807, 2.05) is 13.0 Å². The number of hydrogen-bond acceptors (Lipinski definition) is 4. The molecule has 0 bridgehead atoms. The molecule has 0 aliphatic rings. The van der Waals surface area contributed by atoms with Crippen LogP contribution in [0, 0.1) is 12.7 Å². The summed E-state index contributed by atoms with van der Waals surface area (Å²) in [6, 6.07) is 5.14. The molecule has 114 valence electrons. The Morgan fingerprint density at radius 1 is 1.35 bits per heavy atom. The van der Waals surface area contributed by atoms with E-state index in [1.165, 1.54) is 6.07 Å². The molecule has 0 aliphatic heterocycles. The van der Waals surface area contributed by atoms with Gasteiger partial charge in [-0.2, -0.15) is 0 Å². The fourth-order valence-corrected chi connectivity index (χ4v) is 1.73. The highest BCUT2D eigenvalue weighted by molar-refractivity contribution is 5.25. The molecule has 0 amide bonds. The molecule has 2 N–H and O–H groups in total. The van der Waals surface area contributed by atoms with Gasteiger partial charge in [-0.1, -0.05) is 12.1 Å². The lowest BCUT2D eigenvalue weighted by atomic mass is 10.1. The molecule has 0 spiro atoms. The van der Waals surface area contributed by atoms with E-state index in [0.717, 1.165) is 5.56 Å². The minimum Gasteiger partial charge on any atom is -0.389 e. The Hall–Kier alpha value is -1.01. The quantitative estimate of drug-likeness (QED) is 0.679. The second kappa shape index (κ2) is 9.02. The van der Waals surface area contributed by atoms with Crippen LogP contribution in [0.5, 0.6) is 0 Å². The van der Waals surface area contributed by atoms with Gasteiger partial charge in [0.2, 0.25) is 0 Å². The van der Waals surface area contributed by atoms with Gasteiger partial charge >= 0.3 is 0 Å². The van der Waals surface area contributed by atoms with Gasteiger partial charge in [-0.25, -0.2) is 4.39 Å². The summed E-state index contributed by atoms with van der Waals surface area (Å²) in [5, 5.41) is 12.9. The van der Waals surface area contributed by atoms with Gasteiger partial charge < -0.3 is 19.9 Å². The molecule has 4 nitrogen and oxygen atoms in total. The lowest BCUT2D eigenvalue weighted by Crippen LogP contribution is -2.32. The molecule has 0 aliphatic carbocycles. The molecule has 5 heteroatoms. The first-order valence-electron chi connectivity index (χ1n) is 6.78. The Balaban J connectivity index is 2.31. The second-order valence-electron chi connectivity index (χ2n) is 4.86. The van der Waals surface area contributed by atoms with E-state index in [9.17, 15) is 9.50 Å². The van der Waals surface area contributed by atoms with Gasteiger partial charge in [0, 0.05) is 19.7 Å². The topological polar surface area (TPSA) is 50.7 Å². The molecule has 0 radical (unpaired) electrons. The molecule has 20 heavy (non-hydrogen) atoms. The van der Waals surface area contributed by atoms with Gasteiger partial charge in [0.05, 0.1) is 25.9 Å². The molecule has 0 heterocycles. The monoisotopic (exact) mass is 285 g/mol. The summed E-state index contributed by atoms with van der Waals surface area (Å²) < 4.78 is 23.5. The molecule has 0 saturated carbocycles. The number of benzene rings is 1. The number of ether oxygens (including phenoxy) is 2. The van der Waals surface area contributed by atoms with Crippen LogP contribution in [-0.2, 0) is 9.47 Å². The van der Waals surface area contributed by atoms with Crippen LogP contribution in [0.15, 0.2) is 18.2 Å². The molecular formula is C15H24FNO3. The first-order chi connectivity index (χ1) is 9.54. The van der Waals surface area contributed by atoms with Crippen LogP contribution in [0.2, 0.25) is 0 Å². The number of nitrogens with one attached hydrogen (secondary N) is 1. The molecule has 1 aromatic rings. The Morgan fingerprint density at radius 3 is 2.75 bits per heavy atom. The van der Waals surface area contributed by atoms with E-state index in [-0.39, 0.29) is 18.5 Å². The third-order valence-corrected chi connectivity index (χ3v) is 3.10. The standard InChI is InChI=1S/C15H24FNO3/c1-11-4-5-13(8-15(11)16)12(2)17-9-14(18)10-20-7-6-19-3/h4-5,8,12,14,17-18H,6-7,9-10H2,1-3H3. The highest BCUT2D eigenvalue weighted by Gasteiger charge is 2.10. The third kappa shape index (κ3) is 5.96. The number of aryl methyl sites for hydroxylation is 1. The summed E-state index contributed by atoms with van der Waals surface area (Å²) in [5.74, 6) is -0.209. The van der Waals surface area contributed by atoms with Crippen LogP contribution < -0.4 is 5.32 Å². The van der Waals surface area contributed by atoms with Crippen molar-refractivity contribution in [2.24, 2.45) is 0 Å². The van der Waals surface area contributed by atoms with E-state index in [4.69, 9.17) is 9.47 Å². The van der Waals surface area contributed by atoms with Gasteiger partial charge in [-0.3, -0.25) is 0 Å². The molecule has 0 aromatic heterocycles. The van der Waals surface area contributed by atoms with Crippen LogP contribution >= 0.6 is 0 Å². The van der Waals surface area contributed by atoms with Gasteiger partial charge in [0.15, 0.2) is 0 Å². The zero-order valence-electron chi connectivity index (χ0n) is 12.4. The van der Waals surface area contributed by atoms with Crippen LogP contribution in [-0.4, -0.2) is 44.7 Å². The van der Waals surface area contributed by atoms with Gasteiger partial charge in [-0.05, 0) is 31.0 Å². The number of aliphatic hydroxyl groups is 1. The summed E-state index contributed by atoms with van der Waals surface area (Å²) >= 11 is 0. The first-order valence-corrected chi connectivity index (χ1v) is 6.78. The van der Waals surface area contributed by atoms with Crippen molar-refractivity contribution in [2.75, 3.05) is 33.5 Å². The summed E-state index contributed by atoms with van der Waals surface area (Å²) in [4.78, 5) is 0. The number of rotatable bonds is 9. The van der Waals surface area contributed by atoms with Crippen LogP contribution in [0.4, 0.5) is 4.39 Å². The maximum Gasteiger partial charge on any atom is 0.126 e. The molecule has 0 saturated heterocycles. The summed E-state index contributed by atoms with van der Waals surface area (Å²) in [5.41, 5.74) is 1.49. The molecule has 0 fully saturated rings. The van der Waals surface area contributed by atoms with Crippen molar-refractivity contribution in [3.05, 3.63) is 35.1 Å². The third-order valence-electron chi connectivity index (χ3n) is 3.10.